The third kappa shape index (κ3) is 8.76. The van der Waals surface area contributed by atoms with Crippen LogP contribution in [0.15, 0.2) is 156 Å². The number of rotatable bonds is 18. The van der Waals surface area contributed by atoms with Crippen LogP contribution in [-0.4, -0.2) is 75.3 Å². The summed E-state index contributed by atoms with van der Waals surface area (Å²) in [6.07, 6.45) is 3.83. The average Bonchev–Trinajstić information content (AvgIpc) is 3.75. The van der Waals surface area contributed by atoms with Gasteiger partial charge in [-0.25, -0.2) is 0 Å². The largest absolute Gasteiger partial charge is 0.377 e. The Morgan fingerprint density at radius 3 is 1.23 bits per heavy atom. The van der Waals surface area contributed by atoms with Gasteiger partial charge in [-0.15, -0.1) is 0 Å². The Labute approximate surface area is 333 Å². The number of aromatic nitrogens is 2. The van der Waals surface area contributed by atoms with E-state index in [-0.39, 0.29) is 0 Å². The second-order valence-electron chi connectivity index (χ2n) is 13.9. The van der Waals surface area contributed by atoms with Gasteiger partial charge in [0.05, 0.1) is 63.4 Å². The van der Waals surface area contributed by atoms with Gasteiger partial charge in [-0.05, 0) is 71.8 Å². The first kappa shape index (κ1) is 37.7. The fraction of sp³-hybridized carbons (Fsp3) is 0.208. The van der Waals surface area contributed by atoms with Gasteiger partial charge < -0.3 is 23.3 Å². The Kier molecular flexibility index (Phi) is 12.0. The predicted octanol–water partition coefficient (Wildman–Crippen LogP) is 9.59. The Hall–Kier alpha value is -6.26. The van der Waals surface area contributed by atoms with Gasteiger partial charge in [-0.3, -0.25) is 10.0 Å². The van der Waals surface area contributed by atoms with Crippen molar-refractivity contribution >= 4 is 67.4 Å². The molecule has 0 amide bonds. The Morgan fingerprint density at radius 1 is 0.421 bits per heavy atom. The first-order chi connectivity index (χ1) is 28.1. The smallest absolute Gasteiger partial charge is 0.0701 e. The fourth-order valence-corrected chi connectivity index (χ4v) is 7.37. The Morgan fingerprint density at radius 2 is 0.789 bits per heavy atom. The van der Waals surface area contributed by atoms with Crippen LogP contribution >= 0.6 is 0 Å². The van der Waals surface area contributed by atoms with Gasteiger partial charge in [0.1, 0.15) is 0 Å². The summed E-state index contributed by atoms with van der Waals surface area (Å²) in [4.78, 5) is 0. The SMILES string of the molecule is CN(N=Cc1ccc2c(c1)c1ccccc1n2CCOCCOCCOCCn1c2ccccc2c2cc(C=NN(C)c3ccccc3)ccc21)c1ccccc1. The van der Waals surface area contributed by atoms with Crippen molar-refractivity contribution in [3.8, 4) is 0 Å². The molecule has 2 aromatic heterocycles. The van der Waals surface area contributed by atoms with Crippen LogP contribution in [0.5, 0.6) is 0 Å². The third-order valence-corrected chi connectivity index (χ3v) is 10.3. The number of fused-ring (bicyclic) bond motifs is 6. The van der Waals surface area contributed by atoms with Crippen molar-refractivity contribution in [2.24, 2.45) is 10.2 Å². The Bertz CT molecular complexity index is 2430. The number of hydrogen-bond acceptors (Lipinski definition) is 7. The number of ether oxygens (including phenoxy) is 3. The van der Waals surface area contributed by atoms with Gasteiger partial charge in [-0.2, -0.15) is 10.2 Å². The molecule has 288 valence electrons. The van der Waals surface area contributed by atoms with Gasteiger partial charge in [0, 0.05) is 70.8 Å². The summed E-state index contributed by atoms with van der Waals surface area (Å²) in [6, 6.07) is 50.4. The molecule has 0 radical (unpaired) electrons. The van der Waals surface area contributed by atoms with E-state index < -0.39 is 0 Å². The molecule has 9 nitrogen and oxygen atoms in total. The molecule has 0 saturated carbocycles. The second kappa shape index (κ2) is 18.1. The number of anilines is 2. The third-order valence-electron chi connectivity index (χ3n) is 10.3. The van der Waals surface area contributed by atoms with Crippen molar-refractivity contribution in [3.05, 3.63) is 157 Å². The molecular weight excluding hydrogens is 709 g/mol. The summed E-state index contributed by atoms with van der Waals surface area (Å²) >= 11 is 0. The van der Waals surface area contributed by atoms with E-state index in [2.05, 4.69) is 104 Å². The van der Waals surface area contributed by atoms with E-state index in [0.717, 1.165) is 35.6 Å². The molecule has 2 heterocycles. The molecule has 0 atom stereocenters. The van der Waals surface area contributed by atoms with E-state index in [4.69, 9.17) is 14.2 Å². The van der Waals surface area contributed by atoms with Gasteiger partial charge >= 0.3 is 0 Å². The van der Waals surface area contributed by atoms with Gasteiger partial charge in [-0.1, -0.05) is 84.9 Å². The summed E-state index contributed by atoms with van der Waals surface area (Å²) in [5.41, 5.74) is 8.96. The predicted molar refractivity (Wildman–Crippen MR) is 236 cm³/mol. The number of para-hydroxylation sites is 4. The molecular formula is C48H48N6O3. The highest BCUT2D eigenvalue weighted by molar-refractivity contribution is 6.10. The molecule has 0 saturated heterocycles. The van der Waals surface area contributed by atoms with Crippen molar-refractivity contribution in [1.29, 1.82) is 0 Å². The summed E-state index contributed by atoms with van der Waals surface area (Å²) in [7, 11) is 3.92. The number of hydrazone groups is 2. The zero-order valence-corrected chi connectivity index (χ0v) is 32.6. The molecule has 0 aliphatic heterocycles. The molecule has 0 aliphatic carbocycles. The molecule has 6 aromatic carbocycles. The monoisotopic (exact) mass is 756 g/mol. The number of hydrogen-bond donors (Lipinski definition) is 0. The van der Waals surface area contributed by atoms with Gasteiger partial charge in [0.15, 0.2) is 0 Å². The number of benzene rings is 6. The van der Waals surface area contributed by atoms with Crippen LogP contribution in [-0.2, 0) is 27.3 Å². The summed E-state index contributed by atoms with van der Waals surface area (Å²) in [5.74, 6) is 0. The molecule has 0 fully saturated rings. The van der Waals surface area contributed by atoms with Crippen LogP contribution in [0.2, 0.25) is 0 Å². The Balaban J connectivity index is 0.784. The van der Waals surface area contributed by atoms with Crippen LogP contribution in [0, 0.1) is 0 Å². The fourth-order valence-electron chi connectivity index (χ4n) is 7.37. The lowest BCUT2D eigenvalue weighted by Gasteiger charge is -2.12. The first-order valence-electron chi connectivity index (χ1n) is 19.5. The van der Waals surface area contributed by atoms with Crippen LogP contribution < -0.4 is 10.0 Å². The van der Waals surface area contributed by atoms with Crippen molar-refractivity contribution in [3.63, 3.8) is 0 Å². The topological polar surface area (TPSA) is 68.7 Å². The highest BCUT2D eigenvalue weighted by Gasteiger charge is 2.12. The maximum Gasteiger partial charge on any atom is 0.0701 e. The standard InChI is InChI=1S/C48H48N6O3/c1-51(39-13-5-3-6-14-39)49-35-37-21-23-47-43(33-37)41-17-9-11-19-45(41)53(47)25-27-55-29-31-57-32-30-56-28-26-54-46-20-12-10-18-42(46)44-34-38(22-24-48(44)54)36-50-52(2)40-15-7-4-8-16-40/h3-24,33-36H,25-32H2,1-2H3. The minimum absolute atomic E-state index is 0.524. The molecule has 0 N–H and O–H groups in total. The van der Waals surface area contributed by atoms with Crippen molar-refractivity contribution < 1.29 is 14.2 Å². The summed E-state index contributed by atoms with van der Waals surface area (Å²) in [6.45, 7) is 4.80. The van der Waals surface area contributed by atoms with Crippen LogP contribution in [0.1, 0.15) is 11.1 Å². The maximum absolute atomic E-state index is 6.02. The minimum Gasteiger partial charge on any atom is -0.377 e. The second-order valence-corrected chi connectivity index (χ2v) is 13.9. The summed E-state index contributed by atoms with van der Waals surface area (Å²) < 4.78 is 22.6. The van der Waals surface area contributed by atoms with Gasteiger partial charge in [0.2, 0.25) is 0 Å². The molecule has 57 heavy (non-hydrogen) atoms. The van der Waals surface area contributed by atoms with E-state index in [1.54, 1.807) is 0 Å². The average molecular weight is 757 g/mol. The molecule has 8 aromatic rings. The molecule has 8 rings (SSSR count). The van der Waals surface area contributed by atoms with Crippen molar-refractivity contribution in [1.82, 2.24) is 9.13 Å². The minimum atomic E-state index is 0.524. The lowest BCUT2D eigenvalue weighted by molar-refractivity contribution is 0.0123. The van der Waals surface area contributed by atoms with E-state index in [1.807, 2.05) is 97.2 Å². The van der Waals surface area contributed by atoms with E-state index in [9.17, 15) is 0 Å². The van der Waals surface area contributed by atoms with Crippen LogP contribution in [0.25, 0.3) is 43.6 Å². The zero-order chi connectivity index (χ0) is 38.8. The first-order valence-corrected chi connectivity index (χ1v) is 19.5. The van der Waals surface area contributed by atoms with E-state index >= 15 is 0 Å². The van der Waals surface area contributed by atoms with E-state index in [1.165, 1.54) is 43.6 Å². The molecule has 0 bridgehead atoms. The van der Waals surface area contributed by atoms with Gasteiger partial charge in [0.25, 0.3) is 0 Å². The highest BCUT2D eigenvalue weighted by Crippen LogP contribution is 2.31. The van der Waals surface area contributed by atoms with Crippen LogP contribution in [0.3, 0.4) is 0 Å². The zero-order valence-electron chi connectivity index (χ0n) is 32.6. The number of nitrogens with zero attached hydrogens (tertiary/aromatic N) is 6. The molecule has 0 aliphatic rings. The lowest BCUT2D eigenvalue weighted by Crippen LogP contribution is -2.13. The summed E-state index contributed by atoms with van der Waals surface area (Å²) in [5, 5.41) is 18.0. The molecule has 0 unspecified atom stereocenters. The van der Waals surface area contributed by atoms with E-state index in [0.29, 0.717) is 39.6 Å². The maximum atomic E-state index is 6.02. The highest BCUT2D eigenvalue weighted by atomic mass is 16.5. The lowest BCUT2D eigenvalue weighted by atomic mass is 10.1. The van der Waals surface area contributed by atoms with Crippen molar-refractivity contribution in [2.45, 2.75) is 13.1 Å². The van der Waals surface area contributed by atoms with Crippen molar-refractivity contribution in [2.75, 3.05) is 63.8 Å². The van der Waals surface area contributed by atoms with Crippen LogP contribution in [0.4, 0.5) is 11.4 Å². The normalized spacial score (nSPS) is 12.0. The molecule has 9 heteroatoms. The molecule has 0 spiro atoms. The quantitative estimate of drug-likeness (QED) is 0.0496.